The van der Waals surface area contributed by atoms with E-state index in [9.17, 15) is 0 Å². The average Bonchev–Trinajstić information content (AvgIpc) is 2.63. The van der Waals surface area contributed by atoms with E-state index in [1.54, 1.807) is 7.11 Å². The number of hydrogen-bond donors (Lipinski definition) is 2. The number of pyridine rings is 1. The fraction of sp³-hybridized carbons (Fsp3) is 0.0500. The predicted octanol–water partition coefficient (Wildman–Crippen LogP) is 5.38. The molecule has 3 aromatic carbocycles. The minimum absolute atomic E-state index is 0.659. The molecule has 124 valence electrons. The molecule has 0 amide bonds. The summed E-state index contributed by atoms with van der Waals surface area (Å²) in [7, 11) is 1.64. The summed E-state index contributed by atoms with van der Waals surface area (Å²) in [5.41, 5.74) is 10.2. The van der Waals surface area contributed by atoms with E-state index in [-0.39, 0.29) is 0 Å². The number of methoxy groups -OCH3 is 1. The molecule has 1 heterocycles. The largest absolute Gasteiger partial charge is 0.497 e. The van der Waals surface area contributed by atoms with Gasteiger partial charge in [0.1, 0.15) is 5.75 Å². The number of nitrogens with two attached hydrogens (primary N) is 1. The zero-order chi connectivity index (χ0) is 17.4. The summed E-state index contributed by atoms with van der Waals surface area (Å²) >= 11 is 6.22. The molecule has 0 unspecified atom stereocenters. The van der Waals surface area contributed by atoms with Crippen LogP contribution in [-0.2, 0) is 0 Å². The Bertz CT molecular complexity index is 1090. The molecule has 25 heavy (non-hydrogen) atoms. The van der Waals surface area contributed by atoms with Crippen molar-refractivity contribution in [2.24, 2.45) is 0 Å². The zero-order valence-electron chi connectivity index (χ0n) is 13.6. The number of rotatable bonds is 3. The summed E-state index contributed by atoms with van der Waals surface area (Å²) in [5, 5.41) is 6.03. The highest BCUT2D eigenvalue weighted by Crippen LogP contribution is 2.36. The number of halogens is 1. The van der Waals surface area contributed by atoms with Gasteiger partial charge in [0, 0.05) is 21.9 Å². The molecular weight excluding hydrogens is 334 g/mol. The van der Waals surface area contributed by atoms with Crippen LogP contribution < -0.4 is 15.8 Å². The highest BCUT2D eigenvalue weighted by molar-refractivity contribution is 6.31. The van der Waals surface area contributed by atoms with Crippen LogP contribution >= 0.6 is 11.6 Å². The Morgan fingerprint density at radius 3 is 2.60 bits per heavy atom. The molecule has 4 nitrogen and oxygen atoms in total. The Balaban J connectivity index is 2.03. The fourth-order valence-electron chi connectivity index (χ4n) is 2.90. The van der Waals surface area contributed by atoms with Crippen molar-refractivity contribution in [3.63, 3.8) is 0 Å². The van der Waals surface area contributed by atoms with Crippen LogP contribution in [0.15, 0.2) is 60.7 Å². The van der Waals surface area contributed by atoms with Gasteiger partial charge in [0.25, 0.3) is 0 Å². The second kappa shape index (κ2) is 6.15. The Morgan fingerprint density at radius 2 is 1.80 bits per heavy atom. The van der Waals surface area contributed by atoms with Gasteiger partial charge in [0.15, 0.2) is 0 Å². The van der Waals surface area contributed by atoms with Crippen molar-refractivity contribution in [2.45, 2.75) is 0 Å². The van der Waals surface area contributed by atoms with Gasteiger partial charge >= 0.3 is 0 Å². The van der Waals surface area contributed by atoms with Crippen LogP contribution in [0.3, 0.4) is 0 Å². The van der Waals surface area contributed by atoms with Crippen LogP contribution in [0.2, 0.25) is 5.02 Å². The highest BCUT2D eigenvalue weighted by atomic mass is 35.5. The summed E-state index contributed by atoms with van der Waals surface area (Å²) in [6, 6.07) is 19.1. The van der Waals surface area contributed by atoms with E-state index in [4.69, 9.17) is 27.1 Å². The van der Waals surface area contributed by atoms with Crippen molar-refractivity contribution in [3.8, 4) is 5.75 Å². The van der Waals surface area contributed by atoms with Crippen molar-refractivity contribution in [1.82, 2.24) is 4.98 Å². The third-order valence-corrected chi connectivity index (χ3v) is 4.40. The van der Waals surface area contributed by atoms with E-state index in [0.717, 1.165) is 38.9 Å². The second-order valence-corrected chi connectivity index (χ2v) is 6.18. The van der Waals surface area contributed by atoms with Crippen LogP contribution in [0.4, 0.5) is 17.1 Å². The van der Waals surface area contributed by atoms with Gasteiger partial charge < -0.3 is 15.8 Å². The fourth-order valence-corrected chi connectivity index (χ4v) is 3.08. The summed E-state index contributed by atoms with van der Waals surface area (Å²) in [4.78, 5) is 4.74. The number of nitrogen functional groups attached to an aromatic ring is 1. The maximum atomic E-state index is 6.22. The van der Waals surface area contributed by atoms with Crippen LogP contribution in [-0.4, -0.2) is 12.1 Å². The van der Waals surface area contributed by atoms with E-state index in [2.05, 4.69) is 5.32 Å². The molecule has 0 saturated carbocycles. The second-order valence-electron chi connectivity index (χ2n) is 5.74. The molecule has 0 bridgehead atoms. The first kappa shape index (κ1) is 15.5. The van der Waals surface area contributed by atoms with Gasteiger partial charge in [-0.2, -0.15) is 0 Å². The van der Waals surface area contributed by atoms with E-state index >= 15 is 0 Å². The van der Waals surface area contributed by atoms with Crippen LogP contribution in [0.1, 0.15) is 0 Å². The van der Waals surface area contributed by atoms with Crippen molar-refractivity contribution in [3.05, 3.63) is 65.7 Å². The van der Waals surface area contributed by atoms with Crippen molar-refractivity contribution in [1.29, 1.82) is 0 Å². The molecule has 4 rings (SSSR count). The summed E-state index contributed by atoms with van der Waals surface area (Å²) in [6.07, 6.45) is 0. The molecule has 1 aromatic heterocycles. The number of aromatic nitrogens is 1. The van der Waals surface area contributed by atoms with E-state index in [1.807, 2.05) is 60.7 Å². The van der Waals surface area contributed by atoms with Crippen LogP contribution in [0.5, 0.6) is 5.75 Å². The summed E-state index contributed by atoms with van der Waals surface area (Å²) in [5.74, 6) is 0.762. The number of nitrogens with one attached hydrogen (secondary N) is 1. The third kappa shape index (κ3) is 2.81. The quantitative estimate of drug-likeness (QED) is 0.385. The molecule has 3 N–H and O–H groups in total. The van der Waals surface area contributed by atoms with Crippen molar-refractivity contribution >= 4 is 50.5 Å². The van der Waals surface area contributed by atoms with Gasteiger partial charge in [-0.1, -0.05) is 23.7 Å². The topological polar surface area (TPSA) is 60.2 Å². The third-order valence-electron chi connectivity index (χ3n) is 4.16. The first-order chi connectivity index (χ1) is 12.2. The Labute approximate surface area is 150 Å². The first-order valence-corrected chi connectivity index (χ1v) is 8.22. The molecule has 0 aliphatic heterocycles. The van der Waals surface area contributed by atoms with Crippen LogP contribution in [0, 0.1) is 0 Å². The van der Waals surface area contributed by atoms with Gasteiger partial charge in [0.05, 0.1) is 35.2 Å². The number of anilines is 3. The molecule has 0 radical (unpaired) electrons. The lowest BCUT2D eigenvalue weighted by Crippen LogP contribution is -1.99. The maximum absolute atomic E-state index is 6.22. The molecule has 0 spiro atoms. The minimum atomic E-state index is 0.659. The normalized spacial score (nSPS) is 11.0. The molecule has 4 aromatic rings. The van der Waals surface area contributed by atoms with Gasteiger partial charge in [-0.25, -0.2) is 4.98 Å². The molecule has 0 aliphatic rings. The van der Waals surface area contributed by atoms with Gasteiger partial charge in [-0.3, -0.25) is 0 Å². The molecule has 5 heteroatoms. The maximum Gasteiger partial charge on any atom is 0.121 e. The van der Waals surface area contributed by atoms with Crippen molar-refractivity contribution in [2.75, 3.05) is 18.2 Å². The highest BCUT2D eigenvalue weighted by Gasteiger charge is 2.12. The SMILES string of the molecule is COc1ccc2c(Nc3ccccc3N)c3cc(Cl)ccc3nc2c1. The number of hydrogen-bond acceptors (Lipinski definition) is 4. The summed E-state index contributed by atoms with van der Waals surface area (Å²) < 4.78 is 5.33. The molecule has 0 saturated heterocycles. The van der Waals surface area contributed by atoms with Gasteiger partial charge in [-0.05, 0) is 42.5 Å². The Hall–Kier alpha value is -2.98. The van der Waals surface area contributed by atoms with Gasteiger partial charge in [0.2, 0.25) is 0 Å². The lowest BCUT2D eigenvalue weighted by Gasteiger charge is -2.15. The van der Waals surface area contributed by atoms with E-state index in [0.29, 0.717) is 10.7 Å². The molecule has 0 fully saturated rings. The molecular formula is C20H16ClN3O. The zero-order valence-corrected chi connectivity index (χ0v) is 14.3. The van der Waals surface area contributed by atoms with E-state index in [1.165, 1.54) is 0 Å². The lowest BCUT2D eigenvalue weighted by atomic mass is 10.1. The van der Waals surface area contributed by atoms with Gasteiger partial charge in [-0.15, -0.1) is 0 Å². The lowest BCUT2D eigenvalue weighted by molar-refractivity contribution is 0.415. The number of fused-ring (bicyclic) bond motifs is 2. The first-order valence-electron chi connectivity index (χ1n) is 7.84. The predicted molar refractivity (Wildman–Crippen MR) is 105 cm³/mol. The number of nitrogens with zero attached hydrogens (tertiary/aromatic N) is 1. The molecule has 0 atom stereocenters. The van der Waals surface area contributed by atoms with Crippen molar-refractivity contribution < 1.29 is 4.74 Å². The molecule has 0 aliphatic carbocycles. The Morgan fingerprint density at radius 1 is 0.960 bits per heavy atom. The smallest absolute Gasteiger partial charge is 0.121 e. The summed E-state index contributed by atoms with van der Waals surface area (Å²) in [6.45, 7) is 0. The number of benzene rings is 3. The number of para-hydroxylation sites is 2. The van der Waals surface area contributed by atoms with Crippen LogP contribution in [0.25, 0.3) is 21.8 Å². The Kier molecular flexibility index (Phi) is 3.82. The standard InChI is InChI=1S/C20H16ClN3O/c1-25-13-7-8-14-19(11-13)23-17-9-6-12(21)10-15(17)20(14)24-18-5-3-2-4-16(18)22/h2-11H,22H2,1H3,(H,23,24). The number of ether oxygens (including phenoxy) is 1. The monoisotopic (exact) mass is 349 g/mol. The average molecular weight is 350 g/mol. The minimum Gasteiger partial charge on any atom is -0.497 e. The van der Waals surface area contributed by atoms with E-state index < -0.39 is 0 Å².